The Labute approximate surface area is 292 Å². The molecule has 3 aromatic carbocycles. The molecule has 1 aliphatic heterocycles. The van der Waals surface area contributed by atoms with E-state index in [1.165, 1.54) is 6.07 Å². The lowest BCUT2D eigenvalue weighted by atomic mass is 9.32. The lowest BCUT2D eigenvalue weighted by molar-refractivity contribution is -0.168. The minimum absolute atomic E-state index is 0.0496. The predicted molar refractivity (Wildman–Crippen MR) is 187 cm³/mol. The topological polar surface area (TPSA) is 66.8 Å². The summed E-state index contributed by atoms with van der Waals surface area (Å²) in [6.45, 7) is 5.67. The molecular weight excluding hydrogens is 637 g/mol. The highest BCUT2D eigenvalue weighted by Gasteiger charge is 2.76. The standard InChI is InChI=1S/C42H43ClFNO4/c1-38-16-13-28(46)22-40(38)19-20-42(31(23-40)34(47)21-30-32(43)11-6-12-33(30)44)35(38)14-17-39(2)36(42)15-18-41(39)25-45(37(48)49-41)24-27-9-5-8-26-7-3-4-10-29(26)27/h3-12,19-20,23,28,35-36,46H,13-18,21-22,24-25H2,1-2H3. The molecule has 8 atom stereocenters. The van der Waals surface area contributed by atoms with Crippen LogP contribution in [-0.4, -0.2) is 40.1 Å². The summed E-state index contributed by atoms with van der Waals surface area (Å²) >= 11 is 6.48. The van der Waals surface area contributed by atoms with E-state index in [0.717, 1.165) is 60.4 Å². The summed E-state index contributed by atoms with van der Waals surface area (Å²) in [7, 11) is 0. The van der Waals surface area contributed by atoms with E-state index in [4.69, 9.17) is 16.3 Å². The molecule has 0 aromatic heterocycles. The first-order valence-corrected chi connectivity index (χ1v) is 18.4. The number of rotatable bonds is 5. The number of ketones is 1. The van der Waals surface area contributed by atoms with Crippen molar-refractivity contribution >= 4 is 34.2 Å². The maximum absolute atomic E-state index is 15.1. The zero-order valence-electron chi connectivity index (χ0n) is 28.2. The highest BCUT2D eigenvalue weighted by atomic mass is 35.5. The van der Waals surface area contributed by atoms with Gasteiger partial charge in [-0.15, -0.1) is 0 Å². The van der Waals surface area contributed by atoms with Gasteiger partial charge < -0.3 is 9.84 Å². The Morgan fingerprint density at radius 1 is 0.959 bits per heavy atom. The molecule has 7 aliphatic rings. The molecule has 3 saturated carbocycles. The van der Waals surface area contributed by atoms with Crippen LogP contribution < -0.4 is 0 Å². The number of allylic oxidation sites excluding steroid dienone is 4. The predicted octanol–water partition coefficient (Wildman–Crippen LogP) is 9.00. The van der Waals surface area contributed by atoms with E-state index in [0.29, 0.717) is 19.5 Å². The van der Waals surface area contributed by atoms with Gasteiger partial charge in [0.2, 0.25) is 0 Å². The summed E-state index contributed by atoms with van der Waals surface area (Å²) in [5, 5.41) is 13.5. The quantitative estimate of drug-likeness (QED) is 0.274. The van der Waals surface area contributed by atoms with E-state index >= 15 is 4.39 Å². The lowest BCUT2D eigenvalue weighted by Crippen LogP contribution is -2.67. The van der Waals surface area contributed by atoms with Gasteiger partial charge in [-0.25, -0.2) is 9.18 Å². The fraction of sp³-hybridized carbons (Fsp3) is 0.476. The fourth-order valence-corrected chi connectivity index (χ4v) is 12.4. The second-order valence-corrected chi connectivity index (χ2v) is 16.8. The number of carbonyl (C=O) groups excluding carboxylic acids is 2. The first kappa shape index (κ1) is 31.5. The normalized spacial score (nSPS) is 38.7. The van der Waals surface area contributed by atoms with Crippen LogP contribution in [0.15, 0.2) is 84.5 Å². The van der Waals surface area contributed by atoms with E-state index in [1.54, 1.807) is 12.1 Å². The number of halogens is 2. The maximum atomic E-state index is 15.1. The Morgan fingerprint density at radius 2 is 1.69 bits per heavy atom. The van der Waals surface area contributed by atoms with Gasteiger partial charge in [0, 0.05) is 45.4 Å². The molecule has 1 N–H and O–H groups in total. The van der Waals surface area contributed by atoms with E-state index in [-0.39, 0.29) is 51.5 Å². The van der Waals surface area contributed by atoms with E-state index in [9.17, 15) is 14.7 Å². The van der Waals surface area contributed by atoms with Crippen molar-refractivity contribution in [1.29, 1.82) is 0 Å². The smallest absolute Gasteiger partial charge is 0.410 e. The van der Waals surface area contributed by atoms with Gasteiger partial charge in [0.15, 0.2) is 5.78 Å². The number of Topliss-reactive ketones (excluding diaryl/α,β-unsaturated/α-hetero) is 1. The van der Waals surface area contributed by atoms with Crippen molar-refractivity contribution in [1.82, 2.24) is 4.90 Å². The van der Waals surface area contributed by atoms with Gasteiger partial charge in [-0.05, 0) is 90.7 Å². The number of ether oxygens (including phenoxy) is 1. The summed E-state index contributed by atoms with van der Waals surface area (Å²) in [6.07, 6.45) is 11.5. The molecule has 3 spiro atoms. The SMILES string of the molecule is CC12CCC(O)CC13C=CC1(C(C(=O)Cc4c(F)cccc4Cl)=C3)C2CCC2(C)C1CCC21CN(Cc2cccc3ccccc23)C(=O)O1. The number of hydrogen-bond acceptors (Lipinski definition) is 4. The molecule has 3 aromatic rings. The van der Waals surface area contributed by atoms with Crippen molar-refractivity contribution in [3.63, 3.8) is 0 Å². The van der Waals surface area contributed by atoms with Gasteiger partial charge >= 0.3 is 6.09 Å². The molecular formula is C42H43ClFNO4. The average molecular weight is 680 g/mol. The lowest BCUT2D eigenvalue weighted by Gasteiger charge is -2.71. The largest absolute Gasteiger partial charge is 0.440 e. The zero-order valence-corrected chi connectivity index (χ0v) is 28.9. The number of amides is 1. The number of hydrogen-bond donors (Lipinski definition) is 1. The highest BCUT2D eigenvalue weighted by molar-refractivity contribution is 6.31. The van der Waals surface area contributed by atoms with Crippen LogP contribution in [0.5, 0.6) is 0 Å². The van der Waals surface area contributed by atoms with E-state index in [2.05, 4.69) is 56.3 Å². The summed E-state index contributed by atoms with van der Waals surface area (Å²) in [5.41, 5.74) is -0.143. The Kier molecular flexibility index (Phi) is 6.76. The number of carbonyl (C=O) groups is 2. The molecule has 5 nitrogen and oxygen atoms in total. The minimum atomic E-state index is -0.675. The van der Waals surface area contributed by atoms with Crippen LogP contribution in [0.25, 0.3) is 10.8 Å². The van der Waals surface area contributed by atoms with Gasteiger partial charge in [0.1, 0.15) is 11.4 Å². The van der Waals surface area contributed by atoms with E-state index < -0.39 is 28.4 Å². The molecule has 7 heteroatoms. The molecule has 0 radical (unpaired) electrons. The summed E-state index contributed by atoms with van der Waals surface area (Å²) in [4.78, 5) is 30.4. The van der Waals surface area contributed by atoms with Gasteiger partial charge in [-0.3, -0.25) is 9.69 Å². The van der Waals surface area contributed by atoms with Crippen molar-refractivity contribution < 1.29 is 23.8 Å². The number of aliphatic hydroxyl groups excluding tert-OH is 1. The first-order valence-electron chi connectivity index (χ1n) is 18.0. The highest BCUT2D eigenvalue weighted by Crippen LogP contribution is 2.79. The van der Waals surface area contributed by atoms with Crippen LogP contribution in [-0.2, 0) is 22.5 Å². The first-order chi connectivity index (χ1) is 23.5. The second kappa shape index (κ2) is 10.5. The average Bonchev–Trinajstić information content (AvgIpc) is 3.56. The van der Waals surface area contributed by atoms with Crippen molar-refractivity contribution in [3.05, 3.63) is 106 Å². The van der Waals surface area contributed by atoms with Crippen molar-refractivity contribution in [2.24, 2.45) is 33.5 Å². The maximum Gasteiger partial charge on any atom is 0.410 e. The summed E-state index contributed by atoms with van der Waals surface area (Å²) in [6, 6.07) is 19.1. The monoisotopic (exact) mass is 679 g/mol. The third kappa shape index (κ3) is 4.08. The Balaban J connectivity index is 1.11. The molecule has 1 amide bonds. The van der Waals surface area contributed by atoms with Crippen molar-refractivity contribution in [3.8, 4) is 0 Å². The summed E-state index contributed by atoms with van der Waals surface area (Å²) in [5.74, 6) is -0.349. The number of fused-ring (bicyclic) bond motifs is 3. The third-order valence-corrected chi connectivity index (χ3v) is 15.0. The Morgan fingerprint density at radius 3 is 2.53 bits per heavy atom. The number of nitrogens with zero attached hydrogens (tertiary/aromatic N) is 1. The molecule has 6 aliphatic carbocycles. The molecule has 254 valence electrons. The van der Waals surface area contributed by atoms with Crippen LogP contribution in [0.3, 0.4) is 0 Å². The van der Waals surface area contributed by atoms with Crippen LogP contribution in [0.1, 0.15) is 69.9 Å². The van der Waals surface area contributed by atoms with Crippen LogP contribution in [0, 0.1) is 39.3 Å². The van der Waals surface area contributed by atoms with Gasteiger partial charge in [0.05, 0.1) is 12.6 Å². The second-order valence-electron chi connectivity index (χ2n) is 16.4. The molecule has 2 bridgehead atoms. The van der Waals surface area contributed by atoms with Crippen molar-refractivity contribution in [2.75, 3.05) is 6.54 Å². The molecule has 4 fully saturated rings. The number of aliphatic hydroxyl groups is 1. The molecule has 10 rings (SSSR count). The molecule has 49 heavy (non-hydrogen) atoms. The van der Waals surface area contributed by atoms with Gasteiger partial charge in [-0.1, -0.05) is 92.2 Å². The minimum Gasteiger partial charge on any atom is -0.440 e. The van der Waals surface area contributed by atoms with Crippen LogP contribution >= 0.6 is 11.6 Å². The van der Waals surface area contributed by atoms with E-state index in [1.807, 2.05) is 23.1 Å². The number of benzene rings is 3. The zero-order chi connectivity index (χ0) is 34.0. The van der Waals surface area contributed by atoms with Gasteiger partial charge in [-0.2, -0.15) is 0 Å². The molecule has 1 saturated heterocycles. The fourth-order valence-electron chi connectivity index (χ4n) is 12.2. The van der Waals surface area contributed by atoms with Crippen molar-refractivity contribution in [2.45, 2.75) is 83.5 Å². The Hall–Kier alpha value is -3.48. The van der Waals surface area contributed by atoms with Crippen LogP contribution in [0.4, 0.5) is 9.18 Å². The molecule has 1 heterocycles. The summed E-state index contributed by atoms with van der Waals surface area (Å²) < 4.78 is 21.7. The third-order valence-electron chi connectivity index (χ3n) is 14.6. The Bertz CT molecular complexity index is 1970. The van der Waals surface area contributed by atoms with Crippen LogP contribution in [0.2, 0.25) is 5.02 Å². The molecule has 8 unspecified atom stereocenters. The van der Waals surface area contributed by atoms with Gasteiger partial charge in [0.25, 0.3) is 0 Å².